The van der Waals surface area contributed by atoms with Crippen molar-refractivity contribution in [2.75, 3.05) is 13.4 Å². The minimum Gasteiger partial charge on any atom is -0.478 e. The van der Waals surface area contributed by atoms with E-state index in [2.05, 4.69) is 36.6 Å². The first-order valence-electron chi connectivity index (χ1n) is 8.58. The van der Waals surface area contributed by atoms with E-state index in [1.54, 1.807) is 18.2 Å². The number of carbonyl (C=O) groups excluding carboxylic acids is 1. The van der Waals surface area contributed by atoms with Crippen molar-refractivity contribution in [2.45, 2.75) is 31.6 Å². The lowest BCUT2D eigenvalue weighted by atomic mass is 10.1. The molecule has 0 atom stereocenters. The Morgan fingerprint density at radius 3 is 2.00 bits per heavy atom. The Balaban J connectivity index is 0.000000308. The predicted octanol–water partition coefficient (Wildman–Crippen LogP) is 4.91. The minimum absolute atomic E-state index is 0.0927. The fourth-order valence-corrected chi connectivity index (χ4v) is 4.96. The lowest BCUT2D eigenvalue weighted by Gasteiger charge is -2.10. The molecule has 0 saturated heterocycles. The molecule has 29 heavy (non-hydrogen) atoms. The summed E-state index contributed by atoms with van der Waals surface area (Å²) in [5, 5.41) is 8.77. The van der Waals surface area contributed by atoms with Crippen molar-refractivity contribution >= 4 is 53.6 Å². The Kier molecular flexibility index (Phi) is 9.51. The number of aryl methyl sites for hydroxylation is 2. The molecule has 0 bridgehead atoms. The zero-order chi connectivity index (χ0) is 22.4. The molecular weight excluding hydrogens is 528 g/mol. The highest BCUT2D eigenvalue weighted by Gasteiger charge is 2.19. The number of halogens is 2. The van der Waals surface area contributed by atoms with Gasteiger partial charge in [0.05, 0.1) is 23.1 Å². The van der Waals surface area contributed by atoms with Crippen molar-refractivity contribution in [3.63, 3.8) is 0 Å². The first-order chi connectivity index (χ1) is 13.5. The van der Waals surface area contributed by atoms with Gasteiger partial charge in [-0.15, -0.1) is 0 Å². The van der Waals surface area contributed by atoms with Crippen LogP contribution in [0.3, 0.4) is 0 Å². The van der Waals surface area contributed by atoms with Gasteiger partial charge in [-0.3, -0.25) is 0 Å². The molecule has 0 unspecified atom stereocenters. The Labute approximate surface area is 187 Å². The van der Waals surface area contributed by atoms with Gasteiger partial charge < -0.3 is 9.84 Å². The van der Waals surface area contributed by atoms with Crippen LogP contribution in [0.4, 0.5) is 0 Å². The summed E-state index contributed by atoms with van der Waals surface area (Å²) in [7, 11) is -2.11. The van der Waals surface area contributed by atoms with Crippen molar-refractivity contribution in [3.8, 4) is 0 Å². The predicted molar refractivity (Wildman–Crippen MR) is 118 cm³/mol. The number of hydrogen-bond acceptors (Lipinski definition) is 5. The summed E-state index contributed by atoms with van der Waals surface area (Å²) in [6.07, 6.45) is 2.45. The van der Waals surface area contributed by atoms with Crippen LogP contribution in [-0.2, 0) is 27.4 Å². The Hall–Kier alpha value is -1.71. The highest BCUT2D eigenvalue weighted by atomic mass is 79.9. The van der Waals surface area contributed by atoms with E-state index < -0.39 is 21.8 Å². The molecule has 0 aliphatic rings. The van der Waals surface area contributed by atoms with Gasteiger partial charge in [0.25, 0.3) is 0 Å². The second kappa shape index (κ2) is 10.9. The quantitative estimate of drug-likeness (QED) is 0.532. The number of esters is 1. The number of benzene rings is 2. The number of hydrogen-bond donors (Lipinski definition) is 1. The van der Waals surface area contributed by atoms with Gasteiger partial charge in [-0.2, -0.15) is 0 Å². The monoisotopic (exact) mass is 548 g/mol. The topological polar surface area (TPSA) is 97.7 Å². The van der Waals surface area contributed by atoms with Crippen LogP contribution in [0.15, 0.2) is 44.2 Å². The van der Waals surface area contributed by atoms with Crippen LogP contribution in [0.1, 0.15) is 45.7 Å². The molecule has 1 N–H and O–H groups in total. The zero-order valence-electron chi connectivity index (χ0n) is 16.5. The van der Waals surface area contributed by atoms with Gasteiger partial charge in [0.1, 0.15) is 0 Å². The Bertz CT molecular complexity index is 1020. The molecule has 0 aliphatic heterocycles. The largest absolute Gasteiger partial charge is 0.478 e. The summed E-state index contributed by atoms with van der Waals surface area (Å²) in [6, 6.07) is 8.18. The lowest BCUT2D eigenvalue weighted by Crippen LogP contribution is -2.09. The number of carbonyl (C=O) groups is 2. The van der Waals surface area contributed by atoms with Crippen molar-refractivity contribution in [1.82, 2.24) is 0 Å². The second-order valence-corrected chi connectivity index (χ2v) is 9.77. The summed E-state index contributed by atoms with van der Waals surface area (Å²) in [6.45, 7) is 3.82. The van der Waals surface area contributed by atoms with E-state index in [1.807, 2.05) is 19.9 Å². The number of sulfone groups is 1. The van der Waals surface area contributed by atoms with Crippen LogP contribution in [0.2, 0.25) is 0 Å². The number of ether oxygens (including phenoxy) is 1. The first kappa shape index (κ1) is 25.3. The molecule has 0 aromatic heterocycles. The van der Waals surface area contributed by atoms with Crippen LogP contribution in [0.5, 0.6) is 0 Å². The Morgan fingerprint density at radius 2 is 1.55 bits per heavy atom. The van der Waals surface area contributed by atoms with E-state index >= 15 is 0 Å². The van der Waals surface area contributed by atoms with Crippen LogP contribution in [-0.4, -0.2) is 38.8 Å². The summed E-state index contributed by atoms with van der Waals surface area (Å²) in [5.41, 5.74) is 2.28. The highest BCUT2D eigenvalue weighted by Crippen LogP contribution is 2.27. The van der Waals surface area contributed by atoms with Crippen molar-refractivity contribution in [3.05, 3.63) is 61.5 Å². The van der Waals surface area contributed by atoms with E-state index in [-0.39, 0.29) is 4.90 Å². The molecule has 0 saturated carbocycles. The van der Waals surface area contributed by atoms with Gasteiger partial charge in [-0.1, -0.05) is 29.8 Å². The van der Waals surface area contributed by atoms with E-state index in [4.69, 9.17) is 5.11 Å². The van der Waals surface area contributed by atoms with Crippen molar-refractivity contribution in [1.29, 1.82) is 0 Å². The molecule has 158 valence electrons. The molecule has 0 spiro atoms. The van der Waals surface area contributed by atoms with Crippen LogP contribution in [0, 0.1) is 0 Å². The highest BCUT2D eigenvalue weighted by molar-refractivity contribution is 9.10. The summed E-state index contributed by atoms with van der Waals surface area (Å²) in [5.74, 6) is -1.39. The smallest absolute Gasteiger partial charge is 0.338 e. The summed E-state index contributed by atoms with van der Waals surface area (Å²) in [4.78, 5) is 22.3. The third kappa shape index (κ3) is 6.94. The normalized spacial score (nSPS) is 10.7. The maximum absolute atomic E-state index is 11.6. The minimum atomic E-state index is -3.38. The lowest BCUT2D eigenvalue weighted by molar-refractivity contribution is 0.0598. The molecule has 6 nitrogen and oxygen atoms in total. The molecule has 2 rings (SSSR count). The van der Waals surface area contributed by atoms with Gasteiger partial charge in [0.2, 0.25) is 0 Å². The summed E-state index contributed by atoms with van der Waals surface area (Å²) >= 11 is 6.49. The fourth-order valence-electron chi connectivity index (χ4n) is 2.53. The fraction of sp³-hybridized carbons (Fsp3) is 0.300. The molecule has 0 amide bonds. The van der Waals surface area contributed by atoms with Crippen LogP contribution in [0.25, 0.3) is 0 Å². The number of methoxy groups -OCH3 is 1. The van der Waals surface area contributed by atoms with Crippen LogP contribution >= 0.6 is 31.9 Å². The molecule has 0 heterocycles. The van der Waals surface area contributed by atoms with Gasteiger partial charge in [-0.25, -0.2) is 18.0 Å². The molecule has 2 aromatic carbocycles. The van der Waals surface area contributed by atoms with Gasteiger partial charge in [-0.05, 0) is 70.2 Å². The second-order valence-electron chi connectivity index (χ2n) is 6.02. The maximum Gasteiger partial charge on any atom is 0.338 e. The summed E-state index contributed by atoms with van der Waals surface area (Å²) < 4.78 is 29.1. The molecule has 0 radical (unpaired) electrons. The van der Waals surface area contributed by atoms with Gasteiger partial charge in [0.15, 0.2) is 9.84 Å². The Morgan fingerprint density at radius 1 is 1.00 bits per heavy atom. The standard InChI is InChI=1S/C11H13BrO4S.C9H9BrO2/c1-4-7-5-9(12)10(17(3,14)15)6-8(7)11(13)16-2;1-2-6-5-7(10)3-4-8(6)9(11)12/h5-6H,4H2,1-3H3;3-5H,2H2,1H3,(H,11,12). The average molecular weight is 550 g/mol. The molecular formula is C20H22Br2O6S. The first-order valence-corrected chi connectivity index (χ1v) is 12.1. The van der Waals surface area contributed by atoms with E-state index in [9.17, 15) is 18.0 Å². The number of carboxylic acids is 1. The molecule has 0 fully saturated rings. The molecule has 2 aromatic rings. The van der Waals surface area contributed by atoms with Crippen LogP contribution < -0.4 is 0 Å². The van der Waals surface area contributed by atoms with E-state index in [1.165, 1.54) is 13.2 Å². The SMILES string of the molecule is CCc1cc(Br)c(S(C)(=O)=O)cc1C(=O)OC.CCc1cc(Br)ccc1C(=O)O. The third-order valence-corrected chi connectivity index (χ3v) is 6.57. The molecule has 9 heteroatoms. The zero-order valence-corrected chi connectivity index (χ0v) is 20.4. The van der Waals surface area contributed by atoms with Crippen molar-refractivity contribution in [2.24, 2.45) is 0 Å². The van der Waals surface area contributed by atoms with E-state index in [0.29, 0.717) is 22.0 Å². The number of rotatable bonds is 5. The van der Waals surface area contributed by atoms with E-state index in [0.717, 1.165) is 28.3 Å². The van der Waals surface area contributed by atoms with Gasteiger partial charge >= 0.3 is 11.9 Å². The average Bonchev–Trinajstić information content (AvgIpc) is 2.66. The number of aromatic carboxylic acids is 1. The maximum atomic E-state index is 11.6. The third-order valence-electron chi connectivity index (χ3n) is 4.02. The number of carboxylic acid groups (broad SMARTS) is 1. The van der Waals surface area contributed by atoms with Gasteiger partial charge in [0, 0.05) is 15.2 Å². The molecule has 0 aliphatic carbocycles. The van der Waals surface area contributed by atoms with Crippen molar-refractivity contribution < 1.29 is 27.9 Å².